The Bertz CT molecular complexity index is 1220. The molecular formula is C30H39F3N4O3. The zero-order chi connectivity index (χ0) is 30.5. The quantitative estimate of drug-likeness (QED) is 0.318. The molecule has 0 aliphatic rings. The maximum absolute atomic E-state index is 12.7. The second-order valence-electron chi connectivity index (χ2n) is 9.31. The van der Waals surface area contributed by atoms with Crippen LogP contribution in [0.25, 0.3) is 0 Å². The molecule has 0 aliphatic heterocycles. The number of anilines is 2. The molecular weight excluding hydrogens is 521 g/mol. The first-order chi connectivity index (χ1) is 18.8. The third-order valence-corrected chi connectivity index (χ3v) is 5.04. The first-order valence-corrected chi connectivity index (χ1v) is 13.1. The van der Waals surface area contributed by atoms with E-state index in [2.05, 4.69) is 43.0 Å². The van der Waals surface area contributed by atoms with Crippen molar-refractivity contribution in [3.63, 3.8) is 0 Å². The van der Waals surface area contributed by atoms with Gasteiger partial charge in [-0.15, -0.1) is 0 Å². The molecule has 40 heavy (non-hydrogen) atoms. The van der Waals surface area contributed by atoms with Gasteiger partial charge in [0.1, 0.15) is 11.6 Å². The molecule has 1 aromatic heterocycles. The van der Waals surface area contributed by atoms with E-state index >= 15 is 0 Å². The van der Waals surface area contributed by atoms with Crippen LogP contribution in [0.4, 0.5) is 24.7 Å². The Morgan fingerprint density at radius 3 is 1.88 bits per heavy atom. The Balaban J connectivity index is 0.00000122. The Hall–Kier alpha value is -3.95. The molecule has 2 aromatic carbocycles. The summed E-state index contributed by atoms with van der Waals surface area (Å²) in [6.45, 7) is 10.2. The average Bonchev–Trinajstić information content (AvgIpc) is 2.87. The lowest BCUT2D eigenvalue weighted by molar-refractivity contribution is -0.138. The predicted octanol–water partition coefficient (Wildman–Crippen LogP) is 7.17. The summed E-state index contributed by atoms with van der Waals surface area (Å²) in [5, 5.41) is 11.8. The van der Waals surface area contributed by atoms with E-state index in [0.717, 1.165) is 29.8 Å². The van der Waals surface area contributed by atoms with Crippen LogP contribution < -0.4 is 10.2 Å². The van der Waals surface area contributed by atoms with Crippen molar-refractivity contribution in [2.75, 3.05) is 24.3 Å². The molecule has 1 heterocycles. The molecule has 0 saturated carbocycles. The number of aryl methyl sites for hydroxylation is 1. The van der Waals surface area contributed by atoms with E-state index in [1.54, 1.807) is 50.2 Å². The number of hydrogen-bond donors (Lipinski definition) is 2. The van der Waals surface area contributed by atoms with Gasteiger partial charge in [0.2, 0.25) is 0 Å². The van der Waals surface area contributed by atoms with Gasteiger partial charge in [0.15, 0.2) is 0 Å². The summed E-state index contributed by atoms with van der Waals surface area (Å²) in [5.74, 6) is -0.413. The lowest BCUT2D eigenvalue weighted by Crippen LogP contribution is -2.18. The Morgan fingerprint density at radius 1 is 0.900 bits per heavy atom. The third kappa shape index (κ3) is 11.0. The number of carboxylic acid groups (broad SMARTS) is 1. The molecule has 10 heteroatoms. The third-order valence-electron chi connectivity index (χ3n) is 5.04. The SMILES string of the molecule is CCC.CCC.Cc1nc(Cc2ccc(NC(=O)c3ccc(C(F)(F)F)cc3)cc2)nc(N(C)C)c1CC(=O)O. The van der Waals surface area contributed by atoms with E-state index in [-0.39, 0.29) is 12.0 Å². The molecule has 0 spiro atoms. The van der Waals surface area contributed by atoms with Crippen LogP contribution in [0.2, 0.25) is 0 Å². The van der Waals surface area contributed by atoms with Gasteiger partial charge in [-0.05, 0) is 48.9 Å². The van der Waals surface area contributed by atoms with Crippen LogP contribution in [0.1, 0.15) is 79.1 Å². The van der Waals surface area contributed by atoms with Crippen LogP contribution >= 0.6 is 0 Å². The van der Waals surface area contributed by atoms with E-state index in [1.807, 2.05) is 0 Å². The number of carbonyl (C=O) groups is 2. The summed E-state index contributed by atoms with van der Waals surface area (Å²) >= 11 is 0. The van der Waals surface area contributed by atoms with E-state index < -0.39 is 23.6 Å². The predicted molar refractivity (Wildman–Crippen MR) is 153 cm³/mol. The number of aliphatic carboxylic acids is 1. The van der Waals surface area contributed by atoms with E-state index in [0.29, 0.717) is 35.0 Å². The molecule has 1 amide bonds. The van der Waals surface area contributed by atoms with Gasteiger partial charge in [0.05, 0.1) is 12.0 Å². The minimum absolute atomic E-state index is 0.110. The number of nitrogens with one attached hydrogen (secondary N) is 1. The van der Waals surface area contributed by atoms with Gasteiger partial charge >= 0.3 is 12.1 Å². The largest absolute Gasteiger partial charge is 0.481 e. The lowest BCUT2D eigenvalue weighted by atomic mass is 10.1. The highest BCUT2D eigenvalue weighted by Gasteiger charge is 2.30. The molecule has 2 N–H and O–H groups in total. The number of rotatable bonds is 7. The van der Waals surface area contributed by atoms with Crippen LogP contribution in [-0.2, 0) is 23.8 Å². The first-order valence-electron chi connectivity index (χ1n) is 13.1. The number of hydrogen-bond acceptors (Lipinski definition) is 5. The topological polar surface area (TPSA) is 95.4 Å². The molecule has 0 fully saturated rings. The van der Waals surface area contributed by atoms with Crippen molar-refractivity contribution in [3.8, 4) is 0 Å². The summed E-state index contributed by atoms with van der Waals surface area (Å²) in [6, 6.07) is 10.9. The zero-order valence-corrected chi connectivity index (χ0v) is 24.2. The van der Waals surface area contributed by atoms with Crippen molar-refractivity contribution in [1.82, 2.24) is 9.97 Å². The van der Waals surface area contributed by atoms with Gasteiger partial charge in [-0.1, -0.05) is 52.7 Å². The summed E-state index contributed by atoms with van der Waals surface area (Å²) in [4.78, 5) is 34.2. The fourth-order valence-corrected chi connectivity index (χ4v) is 3.35. The molecule has 0 unspecified atom stereocenters. The summed E-state index contributed by atoms with van der Waals surface area (Å²) in [5.41, 5.74) is 1.79. The maximum atomic E-state index is 12.7. The number of carbonyl (C=O) groups excluding carboxylic acids is 1. The molecule has 3 aromatic rings. The molecule has 3 rings (SSSR count). The molecule has 0 aliphatic carbocycles. The number of benzene rings is 2. The van der Waals surface area contributed by atoms with Crippen molar-refractivity contribution in [1.29, 1.82) is 0 Å². The number of halogens is 3. The van der Waals surface area contributed by atoms with Crippen molar-refractivity contribution >= 4 is 23.4 Å². The zero-order valence-electron chi connectivity index (χ0n) is 24.2. The number of aromatic nitrogens is 2. The molecule has 0 saturated heterocycles. The van der Waals surface area contributed by atoms with Crippen molar-refractivity contribution in [2.24, 2.45) is 0 Å². The van der Waals surface area contributed by atoms with Crippen LogP contribution in [-0.4, -0.2) is 41.0 Å². The maximum Gasteiger partial charge on any atom is 0.416 e. The molecule has 0 atom stereocenters. The van der Waals surface area contributed by atoms with Gasteiger partial charge in [0, 0.05) is 43.0 Å². The highest BCUT2D eigenvalue weighted by atomic mass is 19.4. The van der Waals surface area contributed by atoms with Gasteiger partial charge in [-0.3, -0.25) is 9.59 Å². The normalized spacial score (nSPS) is 10.4. The summed E-state index contributed by atoms with van der Waals surface area (Å²) in [7, 11) is 3.57. The van der Waals surface area contributed by atoms with E-state index in [9.17, 15) is 22.8 Å². The summed E-state index contributed by atoms with van der Waals surface area (Å²) < 4.78 is 38.0. The highest BCUT2D eigenvalue weighted by molar-refractivity contribution is 6.04. The molecule has 0 radical (unpaired) electrons. The number of nitrogens with zero attached hydrogens (tertiary/aromatic N) is 3. The van der Waals surface area contributed by atoms with Crippen LogP contribution in [0.3, 0.4) is 0 Å². The van der Waals surface area contributed by atoms with E-state index in [1.165, 1.54) is 12.8 Å². The van der Waals surface area contributed by atoms with Crippen molar-refractivity contribution in [2.45, 2.75) is 66.5 Å². The second-order valence-corrected chi connectivity index (χ2v) is 9.31. The van der Waals surface area contributed by atoms with Gasteiger partial charge in [0.25, 0.3) is 5.91 Å². The minimum atomic E-state index is -4.46. The van der Waals surface area contributed by atoms with E-state index in [4.69, 9.17) is 5.11 Å². The number of carboxylic acids is 1. The van der Waals surface area contributed by atoms with Crippen LogP contribution in [0, 0.1) is 6.92 Å². The second kappa shape index (κ2) is 16.2. The number of amides is 1. The smallest absolute Gasteiger partial charge is 0.416 e. The standard InChI is InChI=1S/C24H23F3N4O3.2C3H8/c1-14-19(13-21(32)33)22(31(2)3)30-20(28-14)12-15-4-10-18(11-5-15)29-23(34)16-6-8-17(9-7-16)24(25,26)27;2*1-3-2/h4-11H,12-13H2,1-3H3,(H,29,34)(H,32,33);2*3H2,1-2H3. The Kier molecular flexibility index (Phi) is 13.8. The van der Waals surface area contributed by atoms with Gasteiger partial charge in [-0.2, -0.15) is 13.2 Å². The van der Waals surface area contributed by atoms with Crippen molar-refractivity contribution in [3.05, 3.63) is 82.3 Å². The average molecular weight is 561 g/mol. The van der Waals surface area contributed by atoms with Crippen LogP contribution in [0.15, 0.2) is 48.5 Å². The highest BCUT2D eigenvalue weighted by Crippen LogP contribution is 2.29. The van der Waals surface area contributed by atoms with Crippen molar-refractivity contribution < 1.29 is 27.9 Å². The Morgan fingerprint density at radius 2 is 1.43 bits per heavy atom. The Labute approximate surface area is 234 Å². The van der Waals surface area contributed by atoms with Gasteiger partial charge in [-0.25, -0.2) is 9.97 Å². The van der Waals surface area contributed by atoms with Crippen LogP contribution in [0.5, 0.6) is 0 Å². The molecule has 218 valence electrons. The first kappa shape index (κ1) is 34.1. The van der Waals surface area contributed by atoms with Gasteiger partial charge < -0.3 is 15.3 Å². The minimum Gasteiger partial charge on any atom is -0.481 e. The fourth-order valence-electron chi connectivity index (χ4n) is 3.35. The summed E-state index contributed by atoms with van der Waals surface area (Å²) in [6.07, 6.45) is -1.74. The molecule has 7 nitrogen and oxygen atoms in total. The number of alkyl halides is 3. The lowest BCUT2D eigenvalue weighted by Gasteiger charge is -2.18. The molecule has 0 bridgehead atoms. The monoisotopic (exact) mass is 560 g/mol. The fraction of sp³-hybridized carbons (Fsp3) is 0.400.